The summed E-state index contributed by atoms with van der Waals surface area (Å²) in [4.78, 5) is 15.3. The van der Waals surface area contributed by atoms with E-state index in [0.29, 0.717) is 5.65 Å². The molecule has 1 aliphatic heterocycles. The van der Waals surface area contributed by atoms with E-state index in [9.17, 15) is 0 Å². The quantitative estimate of drug-likeness (QED) is 0.920. The molecule has 3 heterocycles. The van der Waals surface area contributed by atoms with Gasteiger partial charge in [0.15, 0.2) is 5.65 Å². The SMILES string of the molecule is CN(C)C1(CNc2ccc3nccnc3n2)CCOCC1. The number of hydrogen-bond acceptors (Lipinski definition) is 6. The van der Waals surface area contributed by atoms with Crippen molar-refractivity contribution in [1.82, 2.24) is 19.9 Å². The summed E-state index contributed by atoms with van der Waals surface area (Å²) in [6, 6.07) is 3.91. The van der Waals surface area contributed by atoms with Gasteiger partial charge in [0.05, 0.1) is 0 Å². The van der Waals surface area contributed by atoms with E-state index in [0.717, 1.165) is 43.9 Å². The van der Waals surface area contributed by atoms with Crippen LogP contribution in [0.5, 0.6) is 0 Å². The number of rotatable bonds is 4. The number of hydrogen-bond donors (Lipinski definition) is 1. The van der Waals surface area contributed by atoms with E-state index in [1.54, 1.807) is 12.4 Å². The van der Waals surface area contributed by atoms with Crippen molar-refractivity contribution < 1.29 is 4.74 Å². The lowest BCUT2D eigenvalue weighted by Gasteiger charge is -2.43. The first-order valence-electron chi connectivity index (χ1n) is 7.26. The highest BCUT2D eigenvalue weighted by atomic mass is 16.5. The van der Waals surface area contributed by atoms with Crippen molar-refractivity contribution >= 4 is 17.0 Å². The van der Waals surface area contributed by atoms with Gasteiger partial charge in [0.25, 0.3) is 0 Å². The summed E-state index contributed by atoms with van der Waals surface area (Å²) in [6.07, 6.45) is 5.40. The van der Waals surface area contributed by atoms with Gasteiger partial charge in [-0.1, -0.05) is 0 Å². The number of aromatic nitrogens is 3. The number of likely N-dealkylation sites (N-methyl/N-ethyl adjacent to an activating group) is 1. The maximum atomic E-state index is 5.50. The Labute approximate surface area is 124 Å². The minimum absolute atomic E-state index is 0.122. The van der Waals surface area contributed by atoms with Gasteiger partial charge in [0.1, 0.15) is 11.3 Å². The molecule has 21 heavy (non-hydrogen) atoms. The van der Waals surface area contributed by atoms with Crippen molar-refractivity contribution in [2.24, 2.45) is 0 Å². The Morgan fingerprint density at radius 2 is 1.95 bits per heavy atom. The predicted molar refractivity (Wildman–Crippen MR) is 82.3 cm³/mol. The Morgan fingerprint density at radius 3 is 2.71 bits per heavy atom. The van der Waals surface area contributed by atoms with Crippen LogP contribution in [-0.2, 0) is 4.74 Å². The third-order valence-electron chi connectivity index (χ3n) is 4.30. The zero-order valence-electron chi connectivity index (χ0n) is 12.5. The zero-order valence-corrected chi connectivity index (χ0v) is 12.5. The molecule has 0 aliphatic carbocycles. The molecule has 1 N–H and O–H groups in total. The van der Waals surface area contributed by atoms with Crippen LogP contribution in [0.25, 0.3) is 11.2 Å². The molecule has 1 saturated heterocycles. The van der Waals surface area contributed by atoms with Crippen molar-refractivity contribution in [2.75, 3.05) is 39.2 Å². The van der Waals surface area contributed by atoms with Crippen LogP contribution in [0.1, 0.15) is 12.8 Å². The van der Waals surface area contributed by atoms with Gasteiger partial charge in [-0.2, -0.15) is 0 Å². The maximum absolute atomic E-state index is 5.50. The highest BCUT2D eigenvalue weighted by molar-refractivity contribution is 5.71. The largest absolute Gasteiger partial charge is 0.381 e. The van der Waals surface area contributed by atoms with Gasteiger partial charge in [-0.3, -0.25) is 4.98 Å². The van der Waals surface area contributed by atoms with Crippen LogP contribution in [0.2, 0.25) is 0 Å². The Morgan fingerprint density at radius 1 is 1.19 bits per heavy atom. The second kappa shape index (κ2) is 5.91. The van der Waals surface area contributed by atoms with Gasteiger partial charge in [0.2, 0.25) is 0 Å². The molecule has 6 nitrogen and oxygen atoms in total. The Balaban J connectivity index is 1.75. The molecule has 0 saturated carbocycles. The second-order valence-electron chi connectivity index (χ2n) is 5.68. The molecule has 0 amide bonds. The normalized spacial score (nSPS) is 18.0. The number of nitrogens with zero attached hydrogens (tertiary/aromatic N) is 4. The standard InChI is InChI=1S/C15H21N5O/c1-20(2)15(5-9-21-10-6-15)11-18-13-4-3-12-14(19-13)17-8-7-16-12/h3-4,7-8H,5-6,9-11H2,1-2H3,(H,17,18,19). The van der Waals surface area contributed by atoms with Gasteiger partial charge >= 0.3 is 0 Å². The summed E-state index contributed by atoms with van der Waals surface area (Å²) in [5.74, 6) is 0.843. The molecule has 3 rings (SSSR count). The first-order valence-corrected chi connectivity index (χ1v) is 7.26. The minimum atomic E-state index is 0.122. The highest BCUT2D eigenvalue weighted by Crippen LogP contribution is 2.26. The molecule has 0 radical (unpaired) electrons. The smallest absolute Gasteiger partial charge is 0.180 e. The van der Waals surface area contributed by atoms with Crippen LogP contribution in [0.15, 0.2) is 24.5 Å². The lowest BCUT2D eigenvalue weighted by Crippen LogP contribution is -2.53. The van der Waals surface area contributed by atoms with Gasteiger partial charge < -0.3 is 15.0 Å². The van der Waals surface area contributed by atoms with Crippen molar-refractivity contribution in [1.29, 1.82) is 0 Å². The molecule has 1 fully saturated rings. The Bertz CT molecular complexity index is 610. The molecule has 0 unspecified atom stereocenters. The van der Waals surface area contributed by atoms with Gasteiger partial charge in [-0.15, -0.1) is 0 Å². The number of anilines is 1. The van der Waals surface area contributed by atoms with Crippen molar-refractivity contribution in [3.8, 4) is 0 Å². The molecule has 1 aliphatic rings. The highest BCUT2D eigenvalue weighted by Gasteiger charge is 2.34. The average molecular weight is 287 g/mol. The summed E-state index contributed by atoms with van der Waals surface area (Å²) in [6.45, 7) is 2.48. The van der Waals surface area contributed by atoms with E-state index in [2.05, 4.69) is 39.3 Å². The molecular formula is C15H21N5O. The van der Waals surface area contributed by atoms with Crippen molar-refractivity contribution in [2.45, 2.75) is 18.4 Å². The van der Waals surface area contributed by atoms with Crippen LogP contribution in [-0.4, -0.2) is 59.2 Å². The molecular weight excluding hydrogens is 266 g/mol. The molecule has 112 valence electrons. The van der Waals surface area contributed by atoms with E-state index in [4.69, 9.17) is 4.74 Å². The molecule has 0 bridgehead atoms. The summed E-state index contributed by atoms with van der Waals surface area (Å²) >= 11 is 0. The number of nitrogens with one attached hydrogen (secondary N) is 1. The topological polar surface area (TPSA) is 63.2 Å². The van der Waals surface area contributed by atoms with Crippen molar-refractivity contribution in [3.63, 3.8) is 0 Å². The molecule has 2 aromatic rings. The zero-order chi connectivity index (χ0) is 14.7. The third kappa shape index (κ3) is 2.96. The monoisotopic (exact) mass is 287 g/mol. The Kier molecular flexibility index (Phi) is 3.98. The number of ether oxygens (including phenoxy) is 1. The fourth-order valence-electron chi connectivity index (χ4n) is 2.74. The molecule has 0 aromatic carbocycles. The molecule has 2 aromatic heterocycles. The second-order valence-corrected chi connectivity index (χ2v) is 5.68. The first kappa shape index (κ1) is 14.2. The lowest BCUT2D eigenvalue weighted by atomic mass is 9.88. The summed E-state index contributed by atoms with van der Waals surface area (Å²) in [5, 5.41) is 3.45. The average Bonchev–Trinajstić information content (AvgIpc) is 2.53. The van der Waals surface area contributed by atoms with E-state index in [-0.39, 0.29) is 5.54 Å². The van der Waals surface area contributed by atoms with E-state index < -0.39 is 0 Å². The van der Waals surface area contributed by atoms with Crippen LogP contribution in [0.3, 0.4) is 0 Å². The number of pyridine rings is 1. The third-order valence-corrected chi connectivity index (χ3v) is 4.30. The van der Waals surface area contributed by atoms with Crippen molar-refractivity contribution in [3.05, 3.63) is 24.5 Å². The molecule has 6 heteroatoms. The van der Waals surface area contributed by atoms with E-state index in [1.807, 2.05) is 12.1 Å². The van der Waals surface area contributed by atoms with E-state index in [1.165, 1.54) is 0 Å². The lowest BCUT2D eigenvalue weighted by molar-refractivity contribution is -0.000662. The summed E-state index contributed by atoms with van der Waals surface area (Å²) in [7, 11) is 4.26. The Hall–Kier alpha value is -1.79. The van der Waals surface area contributed by atoms with Crippen LogP contribution in [0.4, 0.5) is 5.82 Å². The first-order chi connectivity index (χ1) is 10.2. The summed E-state index contributed by atoms with van der Waals surface area (Å²) in [5.41, 5.74) is 1.61. The van der Waals surface area contributed by atoms with Gasteiger partial charge in [-0.05, 0) is 39.1 Å². The predicted octanol–water partition coefficient (Wildman–Crippen LogP) is 1.55. The van der Waals surface area contributed by atoms with Crippen LogP contribution >= 0.6 is 0 Å². The summed E-state index contributed by atoms with van der Waals surface area (Å²) < 4.78 is 5.50. The van der Waals surface area contributed by atoms with Crippen LogP contribution in [0, 0.1) is 0 Å². The van der Waals surface area contributed by atoms with Gasteiger partial charge in [-0.25, -0.2) is 9.97 Å². The van der Waals surface area contributed by atoms with E-state index >= 15 is 0 Å². The maximum Gasteiger partial charge on any atom is 0.180 e. The van der Waals surface area contributed by atoms with Gasteiger partial charge in [0, 0.05) is 37.7 Å². The van der Waals surface area contributed by atoms with Crippen LogP contribution < -0.4 is 5.32 Å². The fraction of sp³-hybridized carbons (Fsp3) is 0.533. The minimum Gasteiger partial charge on any atom is -0.381 e. The molecule has 0 spiro atoms. The number of fused-ring (bicyclic) bond motifs is 1. The fourth-order valence-corrected chi connectivity index (χ4v) is 2.74. The molecule has 0 atom stereocenters.